The van der Waals surface area contributed by atoms with Gasteiger partial charge in [-0.1, -0.05) is 30.3 Å². The van der Waals surface area contributed by atoms with E-state index in [1.807, 2.05) is 36.4 Å². The lowest BCUT2D eigenvalue weighted by Gasteiger charge is -2.04. The quantitative estimate of drug-likeness (QED) is 0.670. The molecule has 3 aromatic rings. The van der Waals surface area contributed by atoms with Gasteiger partial charge in [-0.3, -0.25) is 0 Å². The molecular formula is C14H9ClN4. The average Bonchev–Trinajstić information content (AvgIpc) is 2.48. The van der Waals surface area contributed by atoms with Crippen LogP contribution >= 0.6 is 11.6 Å². The summed E-state index contributed by atoms with van der Waals surface area (Å²) in [6, 6.07) is 11.7. The molecule has 0 fully saturated rings. The Morgan fingerprint density at radius 1 is 0.789 bits per heavy atom. The van der Waals surface area contributed by atoms with Crippen LogP contribution in [0.1, 0.15) is 0 Å². The molecule has 0 radical (unpaired) electrons. The van der Waals surface area contributed by atoms with Crippen LogP contribution in [0.4, 0.5) is 0 Å². The molecule has 19 heavy (non-hydrogen) atoms. The van der Waals surface area contributed by atoms with Crippen LogP contribution in [-0.2, 0) is 0 Å². The molecule has 0 saturated heterocycles. The summed E-state index contributed by atoms with van der Waals surface area (Å²) < 4.78 is 0. The van der Waals surface area contributed by atoms with Crippen molar-refractivity contribution in [1.29, 1.82) is 0 Å². The average molecular weight is 269 g/mol. The summed E-state index contributed by atoms with van der Waals surface area (Å²) in [5.41, 5.74) is 3.28. The molecule has 0 aliphatic rings. The normalized spacial score (nSPS) is 10.4. The minimum absolute atomic E-state index is 0.209. The molecule has 0 unspecified atom stereocenters. The summed E-state index contributed by atoms with van der Waals surface area (Å²) in [6.07, 6.45) is 4.87. The molecule has 5 heteroatoms. The summed E-state index contributed by atoms with van der Waals surface area (Å²) >= 11 is 5.99. The van der Waals surface area contributed by atoms with Crippen molar-refractivity contribution in [3.63, 3.8) is 0 Å². The van der Waals surface area contributed by atoms with Gasteiger partial charge in [-0.15, -0.1) is 0 Å². The zero-order valence-corrected chi connectivity index (χ0v) is 10.6. The van der Waals surface area contributed by atoms with Gasteiger partial charge < -0.3 is 0 Å². The summed E-state index contributed by atoms with van der Waals surface area (Å²) in [6.45, 7) is 0. The van der Waals surface area contributed by atoms with Crippen molar-refractivity contribution in [3.8, 4) is 22.5 Å². The van der Waals surface area contributed by atoms with Crippen LogP contribution in [0.2, 0.25) is 5.28 Å². The van der Waals surface area contributed by atoms with Gasteiger partial charge in [0.1, 0.15) is 6.33 Å². The predicted octanol–water partition coefficient (Wildman–Crippen LogP) is 3.25. The fraction of sp³-hybridized carbons (Fsp3) is 0. The van der Waals surface area contributed by atoms with Crippen molar-refractivity contribution in [3.05, 3.63) is 60.4 Å². The van der Waals surface area contributed by atoms with Gasteiger partial charge in [-0.05, 0) is 17.7 Å². The standard InChI is InChI=1S/C14H9ClN4/c15-14-18-12(10-4-2-1-3-5-10)6-13(19-14)11-7-16-9-17-8-11/h1-9H. The molecule has 0 atom stereocenters. The zero-order valence-electron chi connectivity index (χ0n) is 9.86. The fourth-order valence-electron chi connectivity index (χ4n) is 1.75. The highest BCUT2D eigenvalue weighted by Crippen LogP contribution is 2.23. The Bertz CT molecular complexity index is 629. The number of hydrogen-bond donors (Lipinski definition) is 0. The lowest BCUT2D eigenvalue weighted by atomic mass is 10.1. The maximum atomic E-state index is 5.99. The first kappa shape index (κ1) is 11.7. The Labute approximate surface area is 115 Å². The van der Waals surface area contributed by atoms with Crippen molar-refractivity contribution in [2.24, 2.45) is 0 Å². The Balaban J connectivity index is 2.12. The molecule has 0 N–H and O–H groups in total. The molecule has 0 saturated carbocycles. The van der Waals surface area contributed by atoms with E-state index < -0.39 is 0 Å². The van der Waals surface area contributed by atoms with E-state index in [2.05, 4.69) is 19.9 Å². The van der Waals surface area contributed by atoms with Crippen LogP contribution in [0.15, 0.2) is 55.1 Å². The van der Waals surface area contributed by atoms with E-state index in [0.717, 1.165) is 16.8 Å². The minimum Gasteiger partial charge on any atom is -0.244 e. The molecule has 1 aromatic carbocycles. The number of hydrogen-bond acceptors (Lipinski definition) is 4. The van der Waals surface area contributed by atoms with Gasteiger partial charge in [0.2, 0.25) is 5.28 Å². The SMILES string of the molecule is Clc1nc(-c2ccccc2)cc(-c2cncnc2)n1. The van der Waals surface area contributed by atoms with Gasteiger partial charge in [0.15, 0.2) is 0 Å². The van der Waals surface area contributed by atoms with Crippen LogP contribution in [0.25, 0.3) is 22.5 Å². The van der Waals surface area contributed by atoms with Crippen molar-refractivity contribution < 1.29 is 0 Å². The van der Waals surface area contributed by atoms with E-state index in [1.54, 1.807) is 12.4 Å². The van der Waals surface area contributed by atoms with Crippen molar-refractivity contribution in [1.82, 2.24) is 19.9 Å². The van der Waals surface area contributed by atoms with Crippen LogP contribution < -0.4 is 0 Å². The Morgan fingerprint density at radius 3 is 2.11 bits per heavy atom. The Hall–Kier alpha value is -2.33. The molecule has 0 amide bonds. The highest BCUT2D eigenvalue weighted by atomic mass is 35.5. The van der Waals surface area contributed by atoms with Gasteiger partial charge in [-0.2, -0.15) is 0 Å². The van der Waals surface area contributed by atoms with E-state index in [0.29, 0.717) is 5.69 Å². The molecule has 4 nitrogen and oxygen atoms in total. The second kappa shape index (κ2) is 5.12. The minimum atomic E-state index is 0.209. The second-order valence-electron chi connectivity index (χ2n) is 3.90. The third-order valence-corrected chi connectivity index (χ3v) is 2.79. The van der Waals surface area contributed by atoms with E-state index in [9.17, 15) is 0 Å². The molecule has 2 aromatic heterocycles. The molecule has 0 aliphatic carbocycles. The van der Waals surface area contributed by atoms with Gasteiger partial charge in [0, 0.05) is 23.5 Å². The largest absolute Gasteiger partial charge is 0.244 e. The second-order valence-corrected chi connectivity index (χ2v) is 4.24. The predicted molar refractivity (Wildman–Crippen MR) is 73.5 cm³/mol. The number of benzene rings is 1. The summed E-state index contributed by atoms with van der Waals surface area (Å²) in [5, 5.41) is 0.209. The number of rotatable bonds is 2. The maximum absolute atomic E-state index is 5.99. The third-order valence-electron chi connectivity index (χ3n) is 2.62. The highest BCUT2D eigenvalue weighted by Gasteiger charge is 2.07. The van der Waals surface area contributed by atoms with Crippen molar-refractivity contribution in [2.45, 2.75) is 0 Å². The lowest BCUT2D eigenvalue weighted by Crippen LogP contribution is -1.92. The van der Waals surface area contributed by atoms with Gasteiger partial charge in [0.05, 0.1) is 11.4 Å². The molecule has 0 aliphatic heterocycles. The first-order valence-electron chi connectivity index (χ1n) is 5.68. The summed E-state index contributed by atoms with van der Waals surface area (Å²) in [5.74, 6) is 0. The summed E-state index contributed by atoms with van der Waals surface area (Å²) in [7, 11) is 0. The third kappa shape index (κ3) is 2.58. The molecule has 0 bridgehead atoms. The smallest absolute Gasteiger partial charge is 0.223 e. The van der Waals surface area contributed by atoms with Crippen LogP contribution in [-0.4, -0.2) is 19.9 Å². The highest BCUT2D eigenvalue weighted by molar-refractivity contribution is 6.28. The van der Waals surface area contributed by atoms with E-state index >= 15 is 0 Å². The first-order chi connectivity index (χ1) is 9.33. The topological polar surface area (TPSA) is 51.6 Å². The first-order valence-corrected chi connectivity index (χ1v) is 6.06. The maximum Gasteiger partial charge on any atom is 0.223 e. The van der Waals surface area contributed by atoms with Crippen LogP contribution in [0, 0.1) is 0 Å². The molecule has 2 heterocycles. The van der Waals surface area contributed by atoms with E-state index in [-0.39, 0.29) is 5.28 Å². The van der Waals surface area contributed by atoms with Crippen LogP contribution in [0.5, 0.6) is 0 Å². The Kier molecular flexibility index (Phi) is 3.16. The van der Waals surface area contributed by atoms with Gasteiger partial charge in [0.25, 0.3) is 0 Å². The monoisotopic (exact) mass is 268 g/mol. The molecular weight excluding hydrogens is 260 g/mol. The van der Waals surface area contributed by atoms with E-state index in [4.69, 9.17) is 11.6 Å². The number of aromatic nitrogens is 4. The Morgan fingerprint density at radius 2 is 1.42 bits per heavy atom. The fourth-order valence-corrected chi connectivity index (χ4v) is 1.94. The van der Waals surface area contributed by atoms with Gasteiger partial charge >= 0.3 is 0 Å². The lowest BCUT2D eigenvalue weighted by molar-refractivity contribution is 1.13. The zero-order chi connectivity index (χ0) is 13.1. The number of halogens is 1. The number of nitrogens with zero attached hydrogens (tertiary/aromatic N) is 4. The van der Waals surface area contributed by atoms with Crippen molar-refractivity contribution in [2.75, 3.05) is 0 Å². The summed E-state index contributed by atoms with van der Waals surface area (Å²) in [4.78, 5) is 16.4. The van der Waals surface area contributed by atoms with Crippen molar-refractivity contribution >= 4 is 11.6 Å². The van der Waals surface area contributed by atoms with E-state index in [1.165, 1.54) is 6.33 Å². The molecule has 3 rings (SSSR count). The van der Waals surface area contributed by atoms with Crippen LogP contribution in [0.3, 0.4) is 0 Å². The molecule has 0 spiro atoms. The van der Waals surface area contributed by atoms with Gasteiger partial charge in [-0.25, -0.2) is 19.9 Å². The molecule has 92 valence electrons.